The van der Waals surface area contributed by atoms with E-state index in [4.69, 9.17) is 0 Å². The Hall–Kier alpha value is -1.71. The average molecular weight is 209 g/mol. The Labute approximate surface area is 87.6 Å². The quantitative estimate of drug-likeness (QED) is 0.565. The number of methoxy groups -OCH3 is 1. The first-order valence-electron chi connectivity index (χ1n) is 4.50. The molecule has 0 fully saturated rings. The van der Waals surface area contributed by atoms with Crippen molar-refractivity contribution in [3.05, 3.63) is 35.6 Å². The van der Waals surface area contributed by atoms with Crippen LogP contribution in [0.4, 0.5) is 4.39 Å². The van der Waals surface area contributed by atoms with Gasteiger partial charge in [-0.05, 0) is 24.6 Å². The highest BCUT2D eigenvalue weighted by Crippen LogP contribution is 2.16. The van der Waals surface area contributed by atoms with E-state index in [2.05, 4.69) is 9.73 Å². The molecule has 0 aromatic heterocycles. The van der Waals surface area contributed by atoms with Crippen LogP contribution in [0.15, 0.2) is 29.3 Å². The maximum absolute atomic E-state index is 12.6. The van der Waals surface area contributed by atoms with Crippen molar-refractivity contribution in [3.8, 4) is 0 Å². The number of benzene rings is 1. The SMILES string of the molecule is COC(=O)C=NC(C)c1ccc(F)cc1. The molecule has 0 amide bonds. The average Bonchev–Trinajstić information content (AvgIpc) is 2.26. The van der Waals surface area contributed by atoms with Crippen LogP contribution in [-0.2, 0) is 9.53 Å². The monoisotopic (exact) mass is 209 g/mol. The van der Waals surface area contributed by atoms with Gasteiger partial charge in [0.05, 0.1) is 13.2 Å². The van der Waals surface area contributed by atoms with E-state index in [1.807, 2.05) is 6.92 Å². The van der Waals surface area contributed by atoms with Gasteiger partial charge >= 0.3 is 5.97 Å². The molecule has 0 aliphatic carbocycles. The third-order valence-electron chi connectivity index (χ3n) is 1.96. The molecule has 1 aromatic carbocycles. The summed E-state index contributed by atoms with van der Waals surface area (Å²) in [4.78, 5) is 14.7. The molecule has 0 spiro atoms. The number of hydrogen-bond donors (Lipinski definition) is 0. The van der Waals surface area contributed by atoms with Crippen molar-refractivity contribution >= 4 is 12.2 Å². The first-order valence-corrected chi connectivity index (χ1v) is 4.50. The summed E-state index contributed by atoms with van der Waals surface area (Å²) in [6.45, 7) is 1.81. The number of hydrogen-bond acceptors (Lipinski definition) is 3. The molecule has 0 saturated carbocycles. The van der Waals surface area contributed by atoms with Crippen molar-refractivity contribution in [3.63, 3.8) is 0 Å². The number of rotatable bonds is 3. The molecule has 1 atom stereocenters. The lowest BCUT2D eigenvalue weighted by molar-refractivity contribution is -0.132. The maximum Gasteiger partial charge on any atom is 0.348 e. The number of carbonyl (C=O) groups is 1. The molecular weight excluding hydrogens is 197 g/mol. The van der Waals surface area contributed by atoms with E-state index >= 15 is 0 Å². The lowest BCUT2D eigenvalue weighted by atomic mass is 10.1. The van der Waals surface area contributed by atoms with E-state index in [1.54, 1.807) is 12.1 Å². The molecule has 3 nitrogen and oxygen atoms in total. The Morgan fingerprint density at radius 2 is 2.07 bits per heavy atom. The minimum Gasteiger partial charge on any atom is -0.465 e. The van der Waals surface area contributed by atoms with Crippen LogP contribution in [0.1, 0.15) is 18.5 Å². The first kappa shape index (κ1) is 11.4. The Morgan fingerprint density at radius 3 is 2.60 bits per heavy atom. The maximum atomic E-state index is 12.6. The van der Waals surface area contributed by atoms with Gasteiger partial charge in [-0.1, -0.05) is 12.1 Å². The molecular formula is C11H12FNO2. The zero-order valence-electron chi connectivity index (χ0n) is 8.61. The summed E-state index contributed by atoms with van der Waals surface area (Å²) in [6.07, 6.45) is 1.12. The third kappa shape index (κ3) is 3.50. The highest BCUT2D eigenvalue weighted by atomic mass is 19.1. The highest BCUT2D eigenvalue weighted by molar-refractivity contribution is 6.23. The van der Waals surface area contributed by atoms with Gasteiger partial charge in [0, 0.05) is 0 Å². The molecule has 0 radical (unpaired) electrons. The second kappa shape index (κ2) is 5.24. The van der Waals surface area contributed by atoms with Gasteiger partial charge < -0.3 is 4.74 Å². The Morgan fingerprint density at radius 1 is 1.47 bits per heavy atom. The van der Waals surface area contributed by atoms with Gasteiger partial charge in [0.2, 0.25) is 0 Å². The van der Waals surface area contributed by atoms with Crippen LogP contribution in [0.25, 0.3) is 0 Å². The first-order chi connectivity index (χ1) is 7.13. The minimum absolute atomic E-state index is 0.190. The number of ether oxygens (including phenoxy) is 1. The largest absolute Gasteiger partial charge is 0.465 e. The van der Waals surface area contributed by atoms with Gasteiger partial charge in [0.15, 0.2) is 0 Å². The molecule has 0 aliphatic rings. The van der Waals surface area contributed by atoms with Gasteiger partial charge in [0.25, 0.3) is 0 Å². The molecule has 1 unspecified atom stereocenters. The molecule has 1 aromatic rings. The molecule has 0 N–H and O–H groups in total. The second-order valence-electron chi connectivity index (χ2n) is 3.03. The fourth-order valence-electron chi connectivity index (χ4n) is 1.05. The number of nitrogens with zero attached hydrogens (tertiary/aromatic N) is 1. The number of halogens is 1. The summed E-state index contributed by atoms with van der Waals surface area (Å²) in [7, 11) is 1.29. The van der Waals surface area contributed by atoms with Crippen molar-refractivity contribution < 1.29 is 13.9 Å². The summed E-state index contributed by atoms with van der Waals surface area (Å²) in [6, 6.07) is 5.80. The van der Waals surface area contributed by atoms with Crippen molar-refractivity contribution in [1.82, 2.24) is 0 Å². The standard InChI is InChI=1S/C11H12FNO2/c1-8(13-7-11(14)15-2)9-3-5-10(12)6-4-9/h3-8H,1-2H3. The van der Waals surface area contributed by atoms with Crippen molar-refractivity contribution in [2.45, 2.75) is 13.0 Å². The van der Waals surface area contributed by atoms with E-state index in [0.29, 0.717) is 0 Å². The molecule has 0 aliphatic heterocycles. The summed E-state index contributed by atoms with van der Waals surface area (Å²) in [5.41, 5.74) is 0.844. The van der Waals surface area contributed by atoms with Crippen LogP contribution >= 0.6 is 0 Å². The number of carbonyl (C=O) groups excluding carboxylic acids is 1. The highest BCUT2D eigenvalue weighted by Gasteiger charge is 2.03. The lowest BCUT2D eigenvalue weighted by Gasteiger charge is -2.05. The summed E-state index contributed by atoms with van der Waals surface area (Å²) >= 11 is 0. The Bertz CT molecular complexity index is 359. The van der Waals surface area contributed by atoms with Crippen molar-refractivity contribution in [2.75, 3.05) is 7.11 Å². The fourth-order valence-corrected chi connectivity index (χ4v) is 1.05. The van der Waals surface area contributed by atoms with Crippen molar-refractivity contribution in [1.29, 1.82) is 0 Å². The smallest absolute Gasteiger partial charge is 0.348 e. The van der Waals surface area contributed by atoms with Crippen LogP contribution in [0.3, 0.4) is 0 Å². The Balaban J connectivity index is 2.68. The molecule has 0 saturated heterocycles. The molecule has 15 heavy (non-hydrogen) atoms. The van der Waals surface area contributed by atoms with Crippen LogP contribution in [-0.4, -0.2) is 19.3 Å². The predicted molar refractivity (Wildman–Crippen MR) is 55.3 cm³/mol. The van der Waals surface area contributed by atoms with E-state index in [-0.39, 0.29) is 11.9 Å². The van der Waals surface area contributed by atoms with Gasteiger partial charge in [0.1, 0.15) is 12.0 Å². The van der Waals surface area contributed by atoms with Gasteiger partial charge in [-0.25, -0.2) is 9.18 Å². The normalized spacial score (nSPS) is 12.7. The van der Waals surface area contributed by atoms with Crippen molar-refractivity contribution in [2.24, 2.45) is 4.99 Å². The summed E-state index contributed by atoms with van der Waals surface area (Å²) in [5.74, 6) is -0.785. The minimum atomic E-state index is -0.496. The molecule has 1 rings (SSSR count). The topological polar surface area (TPSA) is 38.7 Å². The lowest BCUT2D eigenvalue weighted by Crippen LogP contribution is -2.02. The third-order valence-corrected chi connectivity index (χ3v) is 1.96. The molecule has 0 heterocycles. The van der Waals surface area contributed by atoms with Gasteiger partial charge in [-0.15, -0.1) is 0 Å². The van der Waals surface area contributed by atoms with E-state index in [0.717, 1.165) is 11.8 Å². The van der Waals surface area contributed by atoms with E-state index in [1.165, 1.54) is 19.2 Å². The number of aliphatic imine (C=N–C) groups is 1. The van der Waals surface area contributed by atoms with Gasteiger partial charge in [-0.3, -0.25) is 4.99 Å². The van der Waals surface area contributed by atoms with Crippen LogP contribution < -0.4 is 0 Å². The molecule has 80 valence electrons. The summed E-state index contributed by atoms with van der Waals surface area (Å²) < 4.78 is 17.0. The number of esters is 1. The van der Waals surface area contributed by atoms with Gasteiger partial charge in [-0.2, -0.15) is 0 Å². The van der Waals surface area contributed by atoms with E-state index in [9.17, 15) is 9.18 Å². The van der Waals surface area contributed by atoms with Crippen LogP contribution in [0.2, 0.25) is 0 Å². The van der Waals surface area contributed by atoms with Crippen LogP contribution in [0.5, 0.6) is 0 Å². The Kier molecular flexibility index (Phi) is 3.97. The second-order valence-corrected chi connectivity index (χ2v) is 3.03. The van der Waals surface area contributed by atoms with Crippen LogP contribution in [0, 0.1) is 5.82 Å². The van der Waals surface area contributed by atoms with E-state index < -0.39 is 5.97 Å². The predicted octanol–water partition coefficient (Wildman–Crippen LogP) is 2.13. The fraction of sp³-hybridized carbons (Fsp3) is 0.273. The zero-order valence-corrected chi connectivity index (χ0v) is 8.61. The summed E-state index contributed by atoms with van der Waals surface area (Å²) in [5, 5.41) is 0. The zero-order chi connectivity index (χ0) is 11.3. The molecule has 4 heteroatoms. The molecule has 0 bridgehead atoms.